The first kappa shape index (κ1) is 22.0. The molecule has 6 rings (SSSR count). The molecule has 1 unspecified atom stereocenters. The number of hydrogen-bond donors (Lipinski definition) is 1. The van der Waals surface area contributed by atoms with Gasteiger partial charge in [-0.1, -0.05) is 72.1 Å². The lowest BCUT2D eigenvalue weighted by Crippen LogP contribution is -2.24. The van der Waals surface area contributed by atoms with Gasteiger partial charge in [-0.25, -0.2) is 0 Å². The molecule has 3 nitrogen and oxygen atoms in total. The lowest BCUT2D eigenvalue weighted by molar-refractivity contribution is 0.991. The maximum Gasteiger partial charge on any atom is 0.0988 e. The van der Waals surface area contributed by atoms with Crippen LogP contribution in [-0.4, -0.2) is 12.4 Å². The molecule has 4 aromatic rings. The van der Waals surface area contributed by atoms with Gasteiger partial charge >= 0.3 is 0 Å². The van der Waals surface area contributed by atoms with Crippen LogP contribution >= 0.6 is 23.5 Å². The largest absolute Gasteiger partial charge is 0.399 e. The molecule has 0 aliphatic carbocycles. The van der Waals surface area contributed by atoms with Crippen molar-refractivity contribution >= 4 is 51.8 Å². The highest BCUT2D eigenvalue weighted by Gasteiger charge is 2.29. The third kappa shape index (κ3) is 4.22. The molecule has 0 aromatic heterocycles. The number of thioether (sulfide) groups is 2. The number of rotatable bonds is 4. The second-order valence-corrected chi connectivity index (χ2v) is 10.8. The van der Waals surface area contributed by atoms with Crippen LogP contribution in [0.4, 0.5) is 22.7 Å². The number of allylic oxidation sites excluding steroid dienone is 2. The third-order valence-electron chi connectivity index (χ3n) is 6.27. The van der Waals surface area contributed by atoms with Crippen LogP contribution in [0.1, 0.15) is 5.56 Å². The summed E-state index contributed by atoms with van der Waals surface area (Å²) in [5.74, 6) is 0. The predicted octanol–water partition coefficient (Wildman–Crippen LogP) is 8.01. The summed E-state index contributed by atoms with van der Waals surface area (Å²) < 4.78 is 0. The number of anilines is 4. The van der Waals surface area contributed by atoms with E-state index in [1.807, 2.05) is 23.9 Å². The molecule has 0 spiro atoms. The van der Waals surface area contributed by atoms with E-state index in [1.165, 1.54) is 27.4 Å². The van der Waals surface area contributed by atoms with Crippen LogP contribution in [0.5, 0.6) is 0 Å². The van der Waals surface area contributed by atoms with Gasteiger partial charge < -0.3 is 15.5 Å². The molecule has 172 valence electrons. The fourth-order valence-electron chi connectivity index (χ4n) is 4.51. The second-order valence-electron chi connectivity index (χ2n) is 8.55. The molecule has 35 heavy (non-hydrogen) atoms. The summed E-state index contributed by atoms with van der Waals surface area (Å²) in [5, 5.41) is 1.40. The molecule has 2 aliphatic heterocycles. The van der Waals surface area contributed by atoms with E-state index < -0.39 is 0 Å². The Hall–Kier alpha value is -3.54. The van der Waals surface area contributed by atoms with Gasteiger partial charge in [0, 0.05) is 33.8 Å². The molecule has 0 saturated heterocycles. The molecule has 4 aromatic carbocycles. The second kappa shape index (κ2) is 9.25. The van der Waals surface area contributed by atoms with E-state index >= 15 is 0 Å². The molecule has 0 radical (unpaired) electrons. The van der Waals surface area contributed by atoms with Gasteiger partial charge in [0.2, 0.25) is 0 Å². The SMILES string of the molecule is CN1c2ccccc2SC1C=C1C=C(Sc2ccc(N)cc2)N(c2ccccc2)c2ccccc21. The molecule has 0 saturated carbocycles. The molecule has 2 aliphatic rings. The van der Waals surface area contributed by atoms with Crippen molar-refractivity contribution in [2.45, 2.75) is 15.2 Å². The first-order valence-electron chi connectivity index (χ1n) is 11.6. The lowest BCUT2D eigenvalue weighted by Gasteiger charge is -2.33. The quantitative estimate of drug-likeness (QED) is 0.292. The molecular weight excluding hydrogens is 466 g/mol. The average Bonchev–Trinajstić information content (AvgIpc) is 3.21. The molecule has 2 heterocycles. The maximum absolute atomic E-state index is 5.95. The summed E-state index contributed by atoms with van der Waals surface area (Å²) in [6.45, 7) is 0. The van der Waals surface area contributed by atoms with E-state index in [-0.39, 0.29) is 5.37 Å². The summed E-state index contributed by atoms with van der Waals surface area (Å²) in [6.07, 6.45) is 4.73. The van der Waals surface area contributed by atoms with Crippen LogP contribution < -0.4 is 15.5 Å². The Balaban J connectivity index is 1.46. The summed E-state index contributed by atoms with van der Waals surface area (Å²) in [6, 6.07) is 36.0. The lowest BCUT2D eigenvalue weighted by atomic mass is 9.98. The zero-order chi connectivity index (χ0) is 23.8. The van der Waals surface area contributed by atoms with Crippen LogP contribution in [0, 0.1) is 0 Å². The van der Waals surface area contributed by atoms with Crippen molar-refractivity contribution in [3.63, 3.8) is 0 Å². The van der Waals surface area contributed by atoms with E-state index in [2.05, 4.69) is 120 Å². The van der Waals surface area contributed by atoms with E-state index in [4.69, 9.17) is 5.73 Å². The van der Waals surface area contributed by atoms with Crippen molar-refractivity contribution in [1.29, 1.82) is 0 Å². The van der Waals surface area contributed by atoms with Gasteiger partial charge in [0.05, 0.1) is 21.8 Å². The molecule has 1 atom stereocenters. The van der Waals surface area contributed by atoms with Crippen LogP contribution in [-0.2, 0) is 0 Å². The van der Waals surface area contributed by atoms with Crippen molar-refractivity contribution in [3.05, 3.63) is 126 Å². The first-order chi connectivity index (χ1) is 17.2. The summed E-state index contributed by atoms with van der Waals surface area (Å²) >= 11 is 3.66. The Kier molecular flexibility index (Phi) is 5.80. The number of likely N-dealkylation sites (N-methyl/N-ethyl adjacent to an activating group) is 1. The Morgan fingerprint density at radius 2 is 1.49 bits per heavy atom. The van der Waals surface area contributed by atoms with Gasteiger partial charge in [0.1, 0.15) is 0 Å². The number of nitrogens with zero attached hydrogens (tertiary/aromatic N) is 2. The minimum atomic E-state index is 0.234. The molecule has 0 fully saturated rings. The van der Waals surface area contributed by atoms with Crippen LogP contribution in [0.3, 0.4) is 0 Å². The van der Waals surface area contributed by atoms with Crippen molar-refractivity contribution < 1.29 is 0 Å². The smallest absolute Gasteiger partial charge is 0.0988 e. The Morgan fingerprint density at radius 3 is 2.26 bits per heavy atom. The zero-order valence-electron chi connectivity index (χ0n) is 19.3. The van der Waals surface area contributed by atoms with Crippen LogP contribution in [0.15, 0.2) is 130 Å². The summed E-state index contributed by atoms with van der Waals surface area (Å²) in [4.78, 5) is 7.20. The Bertz CT molecular complexity index is 1430. The van der Waals surface area contributed by atoms with Gasteiger partial charge in [0.15, 0.2) is 0 Å². The van der Waals surface area contributed by atoms with Crippen LogP contribution in [0.25, 0.3) is 5.57 Å². The third-order valence-corrected chi connectivity index (χ3v) is 8.58. The summed E-state index contributed by atoms with van der Waals surface area (Å²) in [5.41, 5.74) is 12.8. The molecular formula is C30H25N3S2. The number of nitrogens with two attached hydrogens (primary N) is 1. The summed E-state index contributed by atoms with van der Waals surface area (Å²) in [7, 11) is 2.18. The van der Waals surface area contributed by atoms with E-state index in [1.54, 1.807) is 11.8 Å². The van der Waals surface area contributed by atoms with E-state index in [9.17, 15) is 0 Å². The molecule has 5 heteroatoms. The van der Waals surface area contributed by atoms with Gasteiger partial charge in [-0.2, -0.15) is 0 Å². The number of fused-ring (bicyclic) bond motifs is 2. The maximum atomic E-state index is 5.95. The number of benzene rings is 4. The molecule has 0 bridgehead atoms. The predicted molar refractivity (Wildman–Crippen MR) is 152 cm³/mol. The highest BCUT2D eigenvalue weighted by Crippen LogP contribution is 2.48. The number of para-hydroxylation sites is 3. The number of nitrogen functional groups attached to an aromatic ring is 1. The monoisotopic (exact) mass is 491 g/mol. The van der Waals surface area contributed by atoms with Gasteiger partial charge in [-0.15, -0.1) is 0 Å². The molecule has 0 amide bonds. The van der Waals surface area contributed by atoms with Gasteiger partial charge in [-0.3, -0.25) is 0 Å². The number of hydrogen-bond acceptors (Lipinski definition) is 5. The van der Waals surface area contributed by atoms with Crippen molar-refractivity contribution in [3.8, 4) is 0 Å². The van der Waals surface area contributed by atoms with Gasteiger partial charge in [-0.05, 0) is 72.3 Å². The minimum Gasteiger partial charge on any atom is -0.399 e. The normalized spacial score (nSPS) is 17.8. The van der Waals surface area contributed by atoms with Crippen LogP contribution in [0.2, 0.25) is 0 Å². The minimum absolute atomic E-state index is 0.234. The van der Waals surface area contributed by atoms with Gasteiger partial charge in [0.25, 0.3) is 0 Å². The van der Waals surface area contributed by atoms with E-state index in [0.717, 1.165) is 21.3 Å². The molecule has 2 N–H and O–H groups in total. The highest BCUT2D eigenvalue weighted by atomic mass is 32.2. The van der Waals surface area contributed by atoms with Crippen molar-refractivity contribution in [1.82, 2.24) is 0 Å². The highest BCUT2D eigenvalue weighted by molar-refractivity contribution is 8.03. The first-order valence-corrected chi connectivity index (χ1v) is 13.3. The Morgan fingerprint density at radius 1 is 0.800 bits per heavy atom. The fourth-order valence-corrected chi connectivity index (χ4v) is 6.74. The topological polar surface area (TPSA) is 32.5 Å². The standard InChI is InChI=1S/C30H25N3S2/c1-32-27-13-7-8-14-28(27)35-29(32)19-21-20-30(34-24-17-15-22(31)16-18-24)33(23-9-3-2-4-10-23)26-12-6-5-11-25(21)26/h2-20,29H,31H2,1H3. The Labute approximate surface area is 215 Å². The van der Waals surface area contributed by atoms with Crippen molar-refractivity contribution in [2.75, 3.05) is 22.6 Å². The zero-order valence-corrected chi connectivity index (χ0v) is 21.0. The fraction of sp³-hybridized carbons (Fsp3) is 0.0667. The average molecular weight is 492 g/mol. The van der Waals surface area contributed by atoms with Crippen molar-refractivity contribution in [2.24, 2.45) is 0 Å². The van der Waals surface area contributed by atoms with E-state index in [0.29, 0.717) is 0 Å².